The number of hydrogen-bond donors (Lipinski definition) is 1. The zero-order chi connectivity index (χ0) is 15.1. The van der Waals surface area contributed by atoms with Gasteiger partial charge < -0.3 is 10.1 Å². The molecule has 5 heteroatoms. The van der Waals surface area contributed by atoms with Crippen LogP contribution in [-0.2, 0) is 4.79 Å². The van der Waals surface area contributed by atoms with Gasteiger partial charge in [-0.15, -0.1) is 0 Å². The fourth-order valence-corrected chi connectivity index (χ4v) is 2.14. The molecule has 0 aliphatic carbocycles. The molecule has 0 fully saturated rings. The first kappa shape index (κ1) is 15.2. The number of nitrogens with zero attached hydrogens (tertiary/aromatic N) is 2. The van der Waals surface area contributed by atoms with Crippen LogP contribution < -0.4 is 10.1 Å². The Bertz CT molecular complexity index is 613. The second-order valence-electron chi connectivity index (χ2n) is 4.94. The van der Waals surface area contributed by atoms with Gasteiger partial charge in [-0.25, -0.2) is 9.97 Å². The molecule has 1 aromatic carbocycles. The highest BCUT2D eigenvalue weighted by Gasteiger charge is 2.08. The molecular weight excluding hydrogens is 266 g/mol. The van der Waals surface area contributed by atoms with E-state index < -0.39 is 0 Å². The highest BCUT2D eigenvalue weighted by atomic mass is 16.5. The molecule has 0 unspecified atom stereocenters. The number of aromatic nitrogens is 2. The van der Waals surface area contributed by atoms with Crippen molar-refractivity contribution < 1.29 is 9.53 Å². The number of nitrogens with one attached hydrogen (secondary N) is 1. The van der Waals surface area contributed by atoms with Crippen molar-refractivity contribution in [1.82, 2.24) is 9.97 Å². The zero-order valence-electron chi connectivity index (χ0n) is 12.6. The van der Waals surface area contributed by atoms with Crippen LogP contribution in [-0.4, -0.2) is 23.0 Å². The Labute approximate surface area is 124 Å². The molecule has 0 spiro atoms. The molecule has 2 rings (SSSR count). The Morgan fingerprint density at radius 1 is 1.29 bits per heavy atom. The van der Waals surface area contributed by atoms with Gasteiger partial charge in [0.25, 0.3) is 0 Å². The number of benzene rings is 1. The lowest BCUT2D eigenvalue weighted by Gasteiger charge is -2.08. The van der Waals surface area contributed by atoms with Gasteiger partial charge in [-0.1, -0.05) is 32.3 Å². The standard InChI is InChI=1S/C16H21N3O2/c1-3-4-5-6-10-14(20)18-13-9-7-8-12-16(13)19-15(21-2)11-17-12/h7-9,11H,3-6,10H2,1-2H3,(H,18,20). The number of amides is 1. The minimum atomic E-state index is 0.0169. The van der Waals surface area contributed by atoms with E-state index in [0.717, 1.165) is 18.4 Å². The van der Waals surface area contributed by atoms with E-state index in [1.54, 1.807) is 13.3 Å². The minimum Gasteiger partial charge on any atom is -0.480 e. The molecule has 1 N–H and O–H groups in total. The number of hydrogen-bond acceptors (Lipinski definition) is 4. The second kappa shape index (κ2) is 7.57. The molecule has 112 valence electrons. The molecule has 0 bridgehead atoms. The number of rotatable bonds is 7. The number of ether oxygens (including phenoxy) is 1. The second-order valence-corrected chi connectivity index (χ2v) is 4.94. The lowest BCUT2D eigenvalue weighted by Crippen LogP contribution is -2.11. The van der Waals surface area contributed by atoms with Gasteiger partial charge in [-0.2, -0.15) is 0 Å². The van der Waals surface area contributed by atoms with E-state index in [-0.39, 0.29) is 5.91 Å². The maximum Gasteiger partial charge on any atom is 0.232 e. The summed E-state index contributed by atoms with van der Waals surface area (Å²) in [4.78, 5) is 20.6. The molecular formula is C16H21N3O2. The minimum absolute atomic E-state index is 0.0169. The Morgan fingerprint density at radius 3 is 2.90 bits per heavy atom. The molecule has 0 saturated heterocycles. The van der Waals surface area contributed by atoms with Crippen molar-refractivity contribution in [3.05, 3.63) is 24.4 Å². The Hall–Kier alpha value is -2.17. The van der Waals surface area contributed by atoms with Crippen LogP contribution in [0, 0.1) is 0 Å². The normalized spacial score (nSPS) is 10.6. The SMILES string of the molecule is CCCCCCC(=O)Nc1cccc2ncc(OC)nc12. The third-order valence-electron chi connectivity index (χ3n) is 3.29. The lowest BCUT2D eigenvalue weighted by molar-refractivity contribution is -0.116. The van der Waals surface area contributed by atoms with E-state index in [9.17, 15) is 4.79 Å². The van der Waals surface area contributed by atoms with Crippen molar-refractivity contribution in [2.75, 3.05) is 12.4 Å². The summed E-state index contributed by atoms with van der Waals surface area (Å²) >= 11 is 0. The first-order valence-corrected chi connectivity index (χ1v) is 7.34. The summed E-state index contributed by atoms with van der Waals surface area (Å²) in [5.74, 6) is 0.454. The van der Waals surface area contributed by atoms with Crippen LogP contribution in [0.5, 0.6) is 5.88 Å². The van der Waals surface area contributed by atoms with E-state index in [1.165, 1.54) is 12.8 Å². The lowest BCUT2D eigenvalue weighted by atomic mass is 10.1. The third kappa shape index (κ3) is 4.15. The van der Waals surface area contributed by atoms with Crippen LogP contribution in [0.3, 0.4) is 0 Å². The van der Waals surface area contributed by atoms with Crippen LogP contribution in [0.1, 0.15) is 39.0 Å². The first-order chi connectivity index (χ1) is 10.2. The summed E-state index contributed by atoms with van der Waals surface area (Å²) in [6, 6.07) is 5.55. The van der Waals surface area contributed by atoms with Gasteiger partial charge in [0.2, 0.25) is 11.8 Å². The average Bonchev–Trinajstić information content (AvgIpc) is 2.51. The fourth-order valence-electron chi connectivity index (χ4n) is 2.14. The Kier molecular flexibility index (Phi) is 5.49. The molecule has 21 heavy (non-hydrogen) atoms. The molecule has 1 heterocycles. The van der Waals surface area contributed by atoms with Crippen molar-refractivity contribution >= 4 is 22.6 Å². The number of anilines is 1. The first-order valence-electron chi connectivity index (χ1n) is 7.34. The maximum atomic E-state index is 12.0. The number of methoxy groups -OCH3 is 1. The van der Waals surface area contributed by atoms with Crippen LogP contribution >= 0.6 is 0 Å². The molecule has 0 atom stereocenters. The molecule has 0 saturated carbocycles. The predicted molar refractivity (Wildman–Crippen MR) is 83.5 cm³/mol. The molecule has 1 aromatic heterocycles. The van der Waals surface area contributed by atoms with Crippen LogP contribution in [0.2, 0.25) is 0 Å². The summed E-state index contributed by atoms with van der Waals surface area (Å²) in [6.07, 6.45) is 6.45. The largest absolute Gasteiger partial charge is 0.480 e. The highest BCUT2D eigenvalue weighted by molar-refractivity contribution is 5.99. The van der Waals surface area contributed by atoms with Gasteiger partial charge >= 0.3 is 0 Å². The fraction of sp³-hybridized carbons (Fsp3) is 0.438. The van der Waals surface area contributed by atoms with Gasteiger partial charge in [0.15, 0.2) is 0 Å². The van der Waals surface area contributed by atoms with Crippen LogP contribution in [0.25, 0.3) is 11.0 Å². The Balaban J connectivity index is 2.08. The van der Waals surface area contributed by atoms with E-state index in [1.807, 2.05) is 18.2 Å². The van der Waals surface area contributed by atoms with Gasteiger partial charge in [0.05, 0.1) is 24.5 Å². The molecule has 1 amide bonds. The quantitative estimate of drug-likeness (QED) is 0.791. The average molecular weight is 287 g/mol. The van der Waals surface area contributed by atoms with E-state index in [2.05, 4.69) is 22.2 Å². The third-order valence-corrected chi connectivity index (χ3v) is 3.29. The molecule has 0 aliphatic heterocycles. The van der Waals surface area contributed by atoms with E-state index in [0.29, 0.717) is 23.5 Å². The number of para-hydroxylation sites is 1. The number of unbranched alkanes of at least 4 members (excludes halogenated alkanes) is 3. The van der Waals surface area contributed by atoms with E-state index in [4.69, 9.17) is 4.74 Å². The van der Waals surface area contributed by atoms with Crippen molar-refractivity contribution in [3.63, 3.8) is 0 Å². The smallest absolute Gasteiger partial charge is 0.232 e. The van der Waals surface area contributed by atoms with Gasteiger partial charge in [0.1, 0.15) is 5.52 Å². The number of carbonyl (C=O) groups is 1. The van der Waals surface area contributed by atoms with Crippen LogP contribution in [0.15, 0.2) is 24.4 Å². The molecule has 0 radical (unpaired) electrons. The maximum absolute atomic E-state index is 12.0. The Morgan fingerprint density at radius 2 is 2.14 bits per heavy atom. The summed E-state index contributed by atoms with van der Waals surface area (Å²) in [5.41, 5.74) is 2.07. The van der Waals surface area contributed by atoms with Crippen molar-refractivity contribution in [1.29, 1.82) is 0 Å². The zero-order valence-corrected chi connectivity index (χ0v) is 12.6. The highest BCUT2D eigenvalue weighted by Crippen LogP contribution is 2.22. The van der Waals surface area contributed by atoms with Gasteiger partial charge in [0, 0.05) is 6.42 Å². The van der Waals surface area contributed by atoms with Crippen molar-refractivity contribution in [2.45, 2.75) is 39.0 Å². The van der Waals surface area contributed by atoms with Gasteiger partial charge in [-0.05, 0) is 18.6 Å². The summed E-state index contributed by atoms with van der Waals surface area (Å²) in [6.45, 7) is 2.15. The van der Waals surface area contributed by atoms with Crippen LogP contribution in [0.4, 0.5) is 5.69 Å². The van der Waals surface area contributed by atoms with Gasteiger partial charge in [-0.3, -0.25) is 4.79 Å². The van der Waals surface area contributed by atoms with Crippen molar-refractivity contribution in [2.24, 2.45) is 0 Å². The number of fused-ring (bicyclic) bond motifs is 1. The topological polar surface area (TPSA) is 64.1 Å². The number of carbonyl (C=O) groups excluding carboxylic acids is 1. The molecule has 0 aliphatic rings. The molecule has 2 aromatic rings. The van der Waals surface area contributed by atoms with E-state index >= 15 is 0 Å². The predicted octanol–water partition coefficient (Wildman–Crippen LogP) is 3.55. The summed E-state index contributed by atoms with van der Waals surface area (Å²) in [5, 5.41) is 2.92. The molecule has 5 nitrogen and oxygen atoms in total. The van der Waals surface area contributed by atoms with Crippen molar-refractivity contribution in [3.8, 4) is 5.88 Å². The monoisotopic (exact) mass is 287 g/mol. The summed E-state index contributed by atoms with van der Waals surface area (Å²) < 4.78 is 5.09. The summed E-state index contributed by atoms with van der Waals surface area (Å²) in [7, 11) is 1.55.